The molecule has 0 fully saturated rings. The van der Waals surface area contributed by atoms with Crippen molar-refractivity contribution in [1.29, 1.82) is 0 Å². The molecule has 1 aromatic carbocycles. The summed E-state index contributed by atoms with van der Waals surface area (Å²) >= 11 is 2.87. The summed E-state index contributed by atoms with van der Waals surface area (Å²) in [6, 6.07) is 4.46. The zero-order valence-electron chi connectivity index (χ0n) is 14.1. The van der Waals surface area contributed by atoms with E-state index in [1.807, 2.05) is 27.7 Å². The third kappa shape index (κ3) is 5.21. The molecule has 0 unspecified atom stereocenters. The Labute approximate surface area is 145 Å². The van der Waals surface area contributed by atoms with Crippen molar-refractivity contribution < 1.29 is 4.79 Å². The van der Waals surface area contributed by atoms with E-state index in [4.69, 9.17) is 0 Å². The molecule has 0 atom stereocenters. The minimum atomic E-state index is -0.0291. The molecule has 124 valence electrons. The second-order valence-electron chi connectivity index (χ2n) is 5.78. The summed E-state index contributed by atoms with van der Waals surface area (Å²) in [7, 11) is 0. The van der Waals surface area contributed by atoms with Crippen LogP contribution in [0.1, 0.15) is 30.5 Å². The Morgan fingerprint density at radius 1 is 1.22 bits per heavy atom. The van der Waals surface area contributed by atoms with Gasteiger partial charge in [0.2, 0.25) is 11.0 Å². The summed E-state index contributed by atoms with van der Waals surface area (Å²) in [5, 5.41) is 15.1. The molecule has 0 aliphatic rings. The Kier molecular flexibility index (Phi) is 6.01. The van der Waals surface area contributed by atoms with E-state index in [0.717, 1.165) is 26.3 Å². The Morgan fingerprint density at radius 2 is 1.87 bits per heavy atom. The fourth-order valence-corrected chi connectivity index (χ4v) is 3.95. The predicted molar refractivity (Wildman–Crippen MR) is 98.7 cm³/mol. The van der Waals surface area contributed by atoms with Gasteiger partial charge in [-0.25, -0.2) is 0 Å². The maximum Gasteiger partial charge on any atom is 0.234 e. The number of aromatic nitrogens is 2. The number of carbonyl (C=O) groups excluding carboxylic acids is 1. The standard InChI is InChI=1S/C16H22N4OS2/c1-9(2)17-15-19-20-16(23-15)22-8-13(21)18-14-11(4)6-10(3)7-12(14)5/h6-7,9H,8H2,1-5H3,(H,17,19)(H,18,21). The molecule has 2 aromatic rings. The van der Waals surface area contributed by atoms with Gasteiger partial charge >= 0.3 is 0 Å². The van der Waals surface area contributed by atoms with Gasteiger partial charge in [-0.1, -0.05) is 40.8 Å². The average Bonchev–Trinajstić information content (AvgIpc) is 2.87. The molecule has 0 radical (unpaired) electrons. The molecule has 0 saturated heterocycles. The van der Waals surface area contributed by atoms with Crippen molar-refractivity contribution in [2.24, 2.45) is 0 Å². The van der Waals surface area contributed by atoms with E-state index in [0.29, 0.717) is 11.8 Å². The number of hydrogen-bond acceptors (Lipinski definition) is 6. The Morgan fingerprint density at radius 3 is 2.48 bits per heavy atom. The first-order valence-corrected chi connectivity index (χ1v) is 9.26. The van der Waals surface area contributed by atoms with E-state index in [2.05, 4.69) is 39.9 Å². The van der Waals surface area contributed by atoms with Crippen molar-refractivity contribution in [3.8, 4) is 0 Å². The van der Waals surface area contributed by atoms with Crippen LogP contribution in [0.3, 0.4) is 0 Å². The number of anilines is 2. The van der Waals surface area contributed by atoms with Crippen LogP contribution < -0.4 is 10.6 Å². The van der Waals surface area contributed by atoms with Crippen LogP contribution in [0, 0.1) is 20.8 Å². The average molecular weight is 351 g/mol. The van der Waals surface area contributed by atoms with E-state index >= 15 is 0 Å². The number of nitrogens with zero attached hydrogens (tertiary/aromatic N) is 2. The lowest BCUT2D eigenvalue weighted by Crippen LogP contribution is -2.15. The molecular formula is C16H22N4OS2. The number of thioether (sulfide) groups is 1. The van der Waals surface area contributed by atoms with Crippen LogP contribution in [0.4, 0.5) is 10.8 Å². The molecule has 1 heterocycles. The van der Waals surface area contributed by atoms with Gasteiger partial charge in [-0.3, -0.25) is 4.79 Å². The van der Waals surface area contributed by atoms with E-state index in [-0.39, 0.29) is 5.91 Å². The monoisotopic (exact) mass is 350 g/mol. The van der Waals surface area contributed by atoms with Gasteiger partial charge in [0.1, 0.15) is 0 Å². The van der Waals surface area contributed by atoms with Crippen molar-refractivity contribution >= 4 is 39.8 Å². The lowest BCUT2D eigenvalue weighted by molar-refractivity contribution is -0.113. The first kappa shape index (κ1) is 17.7. The summed E-state index contributed by atoms with van der Waals surface area (Å²) in [5.74, 6) is 0.293. The van der Waals surface area contributed by atoms with Crippen molar-refractivity contribution in [2.75, 3.05) is 16.4 Å². The maximum atomic E-state index is 12.2. The quantitative estimate of drug-likeness (QED) is 0.770. The lowest BCUT2D eigenvalue weighted by Gasteiger charge is -2.12. The highest BCUT2D eigenvalue weighted by molar-refractivity contribution is 8.01. The van der Waals surface area contributed by atoms with Crippen molar-refractivity contribution in [1.82, 2.24) is 10.2 Å². The first-order valence-electron chi connectivity index (χ1n) is 7.45. The Balaban J connectivity index is 1.92. The van der Waals surface area contributed by atoms with Gasteiger partial charge in [0, 0.05) is 11.7 Å². The van der Waals surface area contributed by atoms with Gasteiger partial charge in [-0.2, -0.15) is 0 Å². The highest BCUT2D eigenvalue weighted by Gasteiger charge is 2.11. The molecule has 0 bridgehead atoms. The Bertz CT molecular complexity index is 674. The first-order chi connectivity index (χ1) is 10.8. The molecule has 2 N–H and O–H groups in total. The number of rotatable bonds is 6. The summed E-state index contributed by atoms with van der Waals surface area (Å²) in [6.45, 7) is 10.2. The van der Waals surface area contributed by atoms with Crippen LogP contribution >= 0.6 is 23.1 Å². The third-order valence-electron chi connectivity index (χ3n) is 3.09. The molecule has 0 saturated carbocycles. The van der Waals surface area contributed by atoms with Crippen LogP contribution in [0.5, 0.6) is 0 Å². The molecule has 0 spiro atoms. The van der Waals surface area contributed by atoms with E-state index in [1.165, 1.54) is 28.7 Å². The van der Waals surface area contributed by atoms with E-state index in [1.54, 1.807) is 0 Å². The minimum Gasteiger partial charge on any atom is -0.358 e. The third-order valence-corrected chi connectivity index (χ3v) is 5.07. The van der Waals surface area contributed by atoms with Crippen LogP contribution in [0.2, 0.25) is 0 Å². The van der Waals surface area contributed by atoms with Crippen LogP contribution in [0.25, 0.3) is 0 Å². The molecule has 1 amide bonds. The van der Waals surface area contributed by atoms with Crippen molar-refractivity contribution in [3.05, 3.63) is 28.8 Å². The minimum absolute atomic E-state index is 0.0291. The van der Waals surface area contributed by atoms with Crippen LogP contribution in [-0.2, 0) is 4.79 Å². The summed E-state index contributed by atoms with van der Waals surface area (Å²) in [5.41, 5.74) is 4.27. The normalized spacial score (nSPS) is 10.9. The van der Waals surface area contributed by atoms with Crippen molar-refractivity contribution in [2.45, 2.75) is 45.0 Å². The predicted octanol–water partition coefficient (Wildman–Crippen LogP) is 4.01. The molecule has 1 aromatic heterocycles. The number of nitrogens with one attached hydrogen (secondary N) is 2. The number of hydrogen-bond donors (Lipinski definition) is 2. The number of aryl methyl sites for hydroxylation is 3. The second-order valence-corrected chi connectivity index (χ2v) is 7.98. The lowest BCUT2D eigenvalue weighted by atomic mass is 10.1. The molecule has 7 heteroatoms. The zero-order chi connectivity index (χ0) is 17.0. The molecule has 5 nitrogen and oxygen atoms in total. The molecule has 0 aliphatic carbocycles. The second kappa shape index (κ2) is 7.79. The number of amides is 1. The van der Waals surface area contributed by atoms with Gasteiger partial charge in [0.05, 0.1) is 5.75 Å². The number of carbonyl (C=O) groups is 1. The highest BCUT2D eigenvalue weighted by Crippen LogP contribution is 2.27. The van der Waals surface area contributed by atoms with Crippen LogP contribution in [0.15, 0.2) is 16.5 Å². The van der Waals surface area contributed by atoms with Gasteiger partial charge < -0.3 is 10.6 Å². The van der Waals surface area contributed by atoms with Gasteiger partial charge in [0.25, 0.3) is 0 Å². The summed E-state index contributed by atoms with van der Waals surface area (Å²) < 4.78 is 0.792. The van der Waals surface area contributed by atoms with E-state index < -0.39 is 0 Å². The molecular weight excluding hydrogens is 328 g/mol. The summed E-state index contributed by atoms with van der Waals surface area (Å²) in [4.78, 5) is 12.2. The smallest absolute Gasteiger partial charge is 0.234 e. The topological polar surface area (TPSA) is 66.9 Å². The van der Waals surface area contributed by atoms with Gasteiger partial charge in [-0.05, 0) is 45.7 Å². The molecule has 23 heavy (non-hydrogen) atoms. The zero-order valence-corrected chi connectivity index (χ0v) is 15.7. The molecule has 2 rings (SSSR count). The van der Waals surface area contributed by atoms with E-state index in [9.17, 15) is 4.79 Å². The SMILES string of the molecule is Cc1cc(C)c(NC(=O)CSc2nnc(NC(C)C)s2)c(C)c1. The maximum absolute atomic E-state index is 12.2. The van der Waals surface area contributed by atoms with Gasteiger partial charge in [0.15, 0.2) is 4.34 Å². The molecule has 0 aliphatic heterocycles. The fraction of sp³-hybridized carbons (Fsp3) is 0.438. The number of benzene rings is 1. The van der Waals surface area contributed by atoms with Crippen molar-refractivity contribution in [3.63, 3.8) is 0 Å². The summed E-state index contributed by atoms with van der Waals surface area (Å²) in [6.07, 6.45) is 0. The highest BCUT2D eigenvalue weighted by atomic mass is 32.2. The van der Waals surface area contributed by atoms with Crippen LogP contribution in [-0.4, -0.2) is 27.9 Å². The Hall–Kier alpha value is -1.60. The van der Waals surface area contributed by atoms with Gasteiger partial charge in [-0.15, -0.1) is 10.2 Å². The fourth-order valence-electron chi connectivity index (χ4n) is 2.25. The largest absolute Gasteiger partial charge is 0.358 e.